The fourth-order valence-corrected chi connectivity index (χ4v) is 3.81. The summed E-state index contributed by atoms with van der Waals surface area (Å²) in [4.78, 5) is 3.37. The lowest BCUT2D eigenvalue weighted by molar-refractivity contribution is -0.140. The van der Waals surface area contributed by atoms with Gasteiger partial charge in [-0.05, 0) is 23.6 Å². The highest BCUT2D eigenvalue weighted by Gasteiger charge is 2.38. The van der Waals surface area contributed by atoms with Crippen molar-refractivity contribution in [3.63, 3.8) is 0 Å². The number of alkyl halides is 3. The molecule has 0 aliphatic rings. The van der Waals surface area contributed by atoms with Gasteiger partial charge < -0.3 is 0 Å². The molecule has 2 rings (SSSR count). The van der Waals surface area contributed by atoms with E-state index >= 15 is 0 Å². The Kier molecular flexibility index (Phi) is 3.16. The van der Waals surface area contributed by atoms with Gasteiger partial charge in [-0.1, -0.05) is 6.07 Å². The fraction of sp³-hybridized carbons (Fsp3) is 0.100. The van der Waals surface area contributed by atoms with E-state index in [0.717, 1.165) is 23.6 Å². The standard InChI is InChI=1S/C10H6F3NO2S2/c11-10(12,13)7-3-1-5-14-9(7)18(15,16)8-4-2-6-17-8/h1-6H. The minimum absolute atomic E-state index is 0.160. The average Bonchev–Trinajstić information content (AvgIpc) is 2.82. The Morgan fingerprint density at radius 3 is 2.44 bits per heavy atom. The normalized spacial score (nSPS) is 12.6. The zero-order valence-corrected chi connectivity index (χ0v) is 10.3. The van der Waals surface area contributed by atoms with Gasteiger partial charge in [0, 0.05) is 6.20 Å². The zero-order valence-electron chi connectivity index (χ0n) is 8.68. The first-order valence-electron chi connectivity index (χ1n) is 4.64. The Morgan fingerprint density at radius 1 is 1.17 bits per heavy atom. The second-order valence-corrected chi connectivity index (χ2v) is 6.33. The molecule has 0 aromatic carbocycles. The lowest BCUT2D eigenvalue weighted by Gasteiger charge is -2.10. The predicted octanol–water partition coefficient (Wildman–Crippen LogP) is 2.99. The van der Waals surface area contributed by atoms with Gasteiger partial charge >= 0.3 is 6.18 Å². The molecule has 0 spiro atoms. The van der Waals surface area contributed by atoms with Crippen molar-refractivity contribution in [2.45, 2.75) is 15.4 Å². The molecule has 2 aromatic heterocycles. The van der Waals surface area contributed by atoms with E-state index in [1.807, 2.05) is 0 Å². The third-order valence-electron chi connectivity index (χ3n) is 2.09. The summed E-state index contributed by atoms with van der Waals surface area (Å²) in [6.45, 7) is 0. The molecular formula is C10H6F3NO2S2. The van der Waals surface area contributed by atoms with Crippen LogP contribution in [0.3, 0.4) is 0 Å². The maximum atomic E-state index is 12.7. The molecule has 2 aromatic rings. The summed E-state index contributed by atoms with van der Waals surface area (Å²) < 4.78 is 62.0. The Labute approximate surface area is 105 Å². The van der Waals surface area contributed by atoms with E-state index in [0.29, 0.717) is 6.07 Å². The van der Waals surface area contributed by atoms with Gasteiger partial charge in [-0.25, -0.2) is 13.4 Å². The molecule has 3 nitrogen and oxygen atoms in total. The molecule has 0 radical (unpaired) electrons. The van der Waals surface area contributed by atoms with Crippen LogP contribution in [-0.4, -0.2) is 13.4 Å². The maximum Gasteiger partial charge on any atom is 0.419 e. The van der Waals surface area contributed by atoms with Crippen LogP contribution in [0.1, 0.15) is 5.56 Å². The number of rotatable bonds is 2. The van der Waals surface area contributed by atoms with Gasteiger partial charge in [-0.2, -0.15) is 13.2 Å². The van der Waals surface area contributed by atoms with Crippen molar-refractivity contribution < 1.29 is 21.6 Å². The van der Waals surface area contributed by atoms with Crippen molar-refractivity contribution in [1.82, 2.24) is 4.98 Å². The monoisotopic (exact) mass is 293 g/mol. The quantitative estimate of drug-likeness (QED) is 0.855. The van der Waals surface area contributed by atoms with Gasteiger partial charge in [-0.3, -0.25) is 0 Å². The molecule has 18 heavy (non-hydrogen) atoms. The van der Waals surface area contributed by atoms with Gasteiger partial charge in [0.05, 0.1) is 5.56 Å². The van der Waals surface area contributed by atoms with Crippen molar-refractivity contribution in [2.75, 3.05) is 0 Å². The van der Waals surface area contributed by atoms with Gasteiger partial charge in [-0.15, -0.1) is 11.3 Å². The van der Waals surface area contributed by atoms with Crippen LogP contribution < -0.4 is 0 Å². The Bertz CT molecular complexity index is 648. The molecule has 0 atom stereocenters. The van der Waals surface area contributed by atoms with Crippen LogP contribution in [0.5, 0.6) is 0 Å². The van der Waals surface area contributed by atoms with Crippen LogP contribution >= 0.6 is 11.3 Å². The van der Waals surface area contributed by atoms with E-state index in [9.17, 15) is 21.6 Å². The molecule has 8 heteroatoms. The number of pyridine rings is 1. The van der Waals surface area contributed by atoms with Crippen LogP contribution in [0.2, 0.25) is 0 Å². The summed E-state index contributed by atoms with van der Waals surface area (Å²) in [6.07, 6.45) is -3.73. The first kappa shape index (κ1) is 13.0. The summed E-state index contributed by atoms with van der Waals surface area (Å²) in [7, 11) is -4.22. The third kappa shape index (κ3) is 2.25. The second kappa shape index (κ2) is 4.36. The van der Waals surface area contributed by atoms with Crippen LogP contribution in [-0.2, 0) is 16.0 Å². The van der Waals surface area contributed by atoms with Gasteiger partial charge in [0.25, 0.3) is 0 Å². The highest BCUT2D eigenvalue weighted by atomic mass is 32.2. The Hall–Kier alpha value is -1.41. The maximum absolute atomic E-state index is 12.7. The summed E-state index contributed by atoms with van der Waals surface area (Å²) in [5.41, 5.74) is -1.25. The van der Waals surface area contributed by atoms with Crippen molar-refractivity contribution in [3.05, 3.63) is 41.4 Å². The fourth-order valence-electron chi connectivity index (χ4n) is 1.33. The number of hydrogen-bond donors (Lipinski definition) is 0. The van der Waals surface area contributed by atoms with Crippen molar-refractivity contribution in [2.24, 2.45) is 0 Å². The van der Waals surface area contributed by atoms with E-state index in [1.165, 1.54) is 17.5 Å². The van der Waals surface area contributed by atoms with Crippen LogP contribution in [0, 0.1) is 0 Å². The van der Waals surface area contributed by atoms with Crippen LogP contribution in [0.15, 0.2) is 45.1 Å². The van der Waals surface area contributed by atoms with Gasteiger partial charge in [0.1, 0.15) is 4.21 Å². The largest absolute Gasteiger partial charge is 0.419 e. The van der Waals surface area contributed by atoms with Crippen molar-refractivity contribution in [3.8, 4) is 0 Å². The van der Waals surface area contributed by atoms with E-state index < -0.39 is 26.6 Å². The summed E-state index contributed by atoms with van der Waals surface area (Å²) >= 11 is 0.849. The molecule has 0 aliphatic carbocycles. The van der Waals surface area contributed by atoms with E-state index in [4.69, 9.17) is 0 Å². The lowest BCUT2D eigenvalue weighted by atomic mass is 10.3. The number of nitrogens with zero attached hydrogens (tertiary/aromatic N) is 1. The molecule has 0 bridgehead atoms. The van der Waals surface area contributed by atoms with Crippen LogP contribution in [0.25, 0.3) is 0 Å². The molecule has 0 saturated heterocycles. The first-order valence-corrected chi connectivity index (χ1v) is 7.00. The summed E-state index contributed by atoms with van der Waals surface area (Å²) in [6, 6.07) is 4.45. The van der Waals surface area contributed by atoms with E-state index in [1.54, 1.807) is 0 Å². The molecule has 0 amide bonds. The lowest BCUT2D eigenvalue weighted by Crippen LogP contribution is -2.14. The van der Waals surface area contributed by atoms with Crippen molar-refractivity contribution in [1.29, 1.82) is 0 Å². The highest BCUT2D eigenvalue weighted by Crippen LogP contribution is 2.35. The van der Waals surface area contributed by atoms with Gasteiger partial charge in [0.2, 0.25) is 9.84 Å². The number of hydrogen-bond acceptors (Lipinski definition) is 4. The molecule has 2 heterocycles. The molecule has 0 unspecified atom stereocenters. The van der Waals surface area contributed by atoms with E-state index in [2.05, 4.69) is 4.98 Å². The minimum Gasteiger partial charge on any atom is -0.244 e. The average molecular weight is 293 g/mol. The zero-order chi connectivity index (χ0) is 13.4. The second-order valence-electron chi connectivity index (χ2n) is 3.29. The number of aromatic nitrogens is 1. The SMILES string of the molecule is O=S(=O)(c1cccs1)c1ncccc1C(F)(F)F. The highest BCUT2D eigenvalue weighted by molar-refractivity contribution is 7.93. The number of thiophene rings is 1. The van der Waals surface area contributed by atoms with Gasteiger partial charge in [0.15, 0.2) is 5.03 Å². The Balaban J connectivity index is 2.67. The van der Waals surface area contributed by atoms with Crippen molar-refractivity contribution >= 4 is 21.2 Å². The molecular weight excluding hydrogens is 287 g/mol. The summed E-state index contributed by atoms with van der Waals surface area (Å²) in [5.74, 6) is 0. The molecule has 0 saturated carbocycles. The predicted molar refractivity (Wildman–Crippen MR) is 59.0 cm³/mol. The first-order chi connectivity index (χ1) is 8.33. The minimum atomic E-state index is -4.76. The molecule has 0 N–H and O–H groups in total. The van der Waals surface area contributed by atoms with Crippen LogP contribution in [0.4, 0.5) is 13.2 Å². The third-order valence-corrected chi connectivity index (χ3v) is 5.20. The smallest absolute Gasteiger partial charge is 0.244 e. The molecule has 0 aliphatic heterocycles. The Morgan fingerprint density at radius 2 is 1.89 bits per heavy atom. The number of sulfone groups is 1. The summed E-state index contributed by atoms with van der Waals surface area (Å²) in [5, 5.41) is 0.517. The molecule has 0 fully saturated rings. The number of halogens is 3. The van der Waals surface area contributed by atoms with E-state index in [-0.39, 0.29) is 4.21 Å². The topological polar surface area (TPSA) is 47.0 Å². The molecule has 96 valence electrons.